The Hall–Kier alpha value is -1.93. The third kappa shape index (κ3) is 7.56. The molecule has 0 aliphatic carbocycles. The molecule has 0 aliphatic heterocycles. The maximum atomic E-state index is 12.1. The number of benzene rings is 1. The van der Waals surface area contributed by atoms with Gasteiger partial charge in [0.05, 0.1) is 12.8 Å². The van der Waals surface area contributed by atoms with Crippen LogP contribution in [-0.2, 0) is 19.6 Å². The van der Waals surface area contributed by atoms with E-state index in [2.05, 4.69) is 10.6 Å². The van der Waals surface area contributed by atoms with Crippen molar-refractivity contribution in [3.63, 3.8) is 0 Å². The van der Waals surface area contributed by atoms with Gasteiger partial charge in [0, 0.05) is 24.8 Å². The van der Waals surface area contributed by atoms with Gasteiger partial charge in [-0.2, -0.15) is 4.31 Å². The van der Waals surface area contributed by atoms with E-state index in [-0.39, 0.29) is 12.5 Å². The van der Waals surface area contributed by atoms with Crippen LogP contribution in [0.15, 0.2) is 24.3 Å². The third-order valence-electron chi connectivity index (χ3n) is 3.29. The summed E-state index contributed by atoms with van der Waals surface area (Å²) in [4.78, 5) is 23.0. The number of rotatable bonds is 9. The Morgan fingerprint density at radius 3 is 2.04 bits per heavy atom. The summed E-state index contributed by atoms with van der Waals surface area (Å²) in [5.74, 6) is -0.577. The predicted molar refractivity (Wildman–Crippen MR) is 95.3 cm³/mol. The van der Waals surface area contributed by atoms with Crippen LogP contribution in [0.25, 0.3) is 0 Å². The van der Waals surface area contributed by atoms with Crippen molar-refractivity contribution in [1.82, 2.24) is 4.31 Å². The molecule has 0 bridgehead atoms. The molecule has 0 spiro atoms. The number of nitrogens with zero attached hydrogens (tertiary/aromatic N) is 1. The molecule has 0 unspecified atom stereocenters. The summed E-state index contributed by atoms with van der Waals surface area (Å²) in [6.45, 7) is 3.56. The Balaban J connectivity index is 2.63. The van der Waals surface area contributed by atoms with Gasteiger partial charge in [-0.15, -0.1) is 0 Å². The Kier molecular flexibility index (Phi) is 7.87. The zero-order valence-corrected chi connectivity index (χ0v) is 15.1. The number of hydrogen-bond acceptors (Lipinski definition) is 4. The van der Waals surface area contributed by atoms with Gasteiger partial charge >= 0.3 is 0 Å². The number of anilines is 2. The van der Waals surface area contributed by atoms with Crippen LogP contribution in [0.4, 0.5) is 11.4 Å². The Morgan fingerprint density at radius 2 is 1.58 bits per heavy atom. The summed E-state index contributed by atoms with van der Waals surface area (Å²) < 4.78 is 24.7. The van der Waals surface area contributed by atoms with Gasteiger partial charge in [0.25, 0.3) is 0 Å². The van der Waals surface area contributed by atoms with Crippen LogP contribution in [0, 0.1) is 0 Å². The van der Waals surface area contributed by atoms with E-state index < -0.39 is 15.9 Å². The molecule has 7 nitrogen and oxygen atoms in total. The van der Waals surface area contributed by atoms with Crippen molar-refractivity contribution < 1.29 is 18.0 Å². The first kappa shape index (κ1) is 20.1. The molecule has 24 heavy (non-hydrogen) atoms. The van der Waals surface area contributed by atoms with Crippen LogP contribution < -0.4 is 10.6 Å². The highest BCUT2D eigenvalue weighted by Gasteiger charge is 2.19. The highest BCUT2D eigenvalue weighted by atomic mass is 32.2. The maximum absolute atomic E-state index is 12.1. The Morgan fingerprint density at radius 1 is 1.04 bits per heavy atom. The second-order valence-electron chi connectivity index (χ2n) is 5.61. The van der Waals surface area contributed by atoms with Crippen molar-refractivity contribution in [3.8, 4) is 0 Å². The van der Waals surface area contributed by atoms with Gasteiger partial charge < -0.3 is 10.6 Å². The molecule has 0 atom stereocenters. The number of sulfonamides is 1. The Labute approximate surface area is 143 Å². The second kappa shape index (κ2) is 9.39. The second-order valence-corrected chi connectivity index (χ2v) is 7.59. The SMILES string of the molecule is CCCCCN(CC(=O)Nc1ccc(NC(C)=O)cc1)S(C)(=O)=O. The molecule has 0 fully saturated rings. The van der Waals surface area contributed by atoms with Crippen molar-refractivity contribution in [2.75, 3.05) is 30.0 Å². The van der Waals surface area contributed by atoms with Crippen molar-refractivity contribution >= 4 is 33.2 Å². The number of carbonyl (C=O) groups excluding carboxylic acids is 2. The number of carbonyl (C=O) groups is 2. The lowest BCUT2D eigenvalue weighted by Crippen LogP contribution is -2.38. The van der Waals surface area contributed by atoms with Crippen molar-refractivity contribution in [2.45, 2.75) is 33.1 Å². The molecule has 1 aromatic carbocycles. The van der Waals surface area contributed by atoms with Gasteiger partial charge in [-0.25, -0.2) is 8.42 Å². The lowest BCUT2D eigenvalue weighted by molar-refractivity contribution is -0.116. The number of unbranched alkanes of at least 4 members (excludes halogenated alkanes) is 2. The number of hydrogen-bond donors (Lipinski definition) is 2. The minimum absolute atomic E-state index is 0.178. The predicted octanol–water partition coefficient (Wildman–Crippen LogP) is 2.04. The summed E-state index contributed by atoms with van der Waals surface area (Å²) >= 11 is 0. The average Bonchev–Trinajstić information content (AvgIpc) is 2.47. The first-order valence-corrected chi connectivity index (χ1v) is 9.70. The third-order valence-corrected chi connectivity index (χ3v) is 4.54. The van der Waals surface area contributed by atoms with Gasteiger partial charge in [-0.1, -0.05) is 19.8 Å². The molecule has 8 heteroatoms. The highest BCUT2D eigenvalue weighted by molar-refractivity contribution is 7.88. The molecule has 2 amide bonds. The molecular formula is C16H25N3O4S. The zero-order chi connectivity index (χ0) is 18.2. The normalized spacial score (nSPS) is 11.3. The van der Waals surface area contributed by atoms with Crippen LogP contribution >= 0.6 is 0 Å². The first-order valence-electron chi connectivity index (χ1n) is 7.85. The topological polar surface area (TPSA) is 95.6 Å². The van der Waals surface area contributed by atoms with Gasteiger partial charge in [0.2, 0.25) is 21.8 Å². The number of nitrogens with one attached hydrogen (secondary N) is 2. The van der Waals surface area contributed by atoms with E-state index in [0.717, 1.165) is 25.5 Å². The lowest BCUT2D eigenvalue weighted by atomic mass is 10.2. The molecular weight excluding hydrogens is 330 g/mol. The van der Waals surface area contributed by atoms with Crippen LogP contribution in [0.2, 0.25) is 0 Å². The van der Waals surface area contributed by atoms with E-state index >= 15 is 0 Å². The summed E-state index contributed by atoms with van der Waals surface area (Å²) in [5, 5.41) is 5.28. The van der Waals surface area contributed by atoms with E-state index in [1.54, 1.807) is 24.3 Å². The van der Waals surface area contributed by atoms with E-state index in [0.29, 0.717) is 17.9 Å². The molecule has 0 saturated carbocycles. The van der Waals surface area contributed by atoms with Crippen molar-refractivity contribution in [2.24, 2.45) is 0 Å². The standard InChI is InChI=1S/C16H25N3O4S/c1-4-5-6-11-19(24(3,22)23)12-16(21)18-15-9-7-14(8-10-15)17-13(2)20/h7-10H,4-6,11-12H2,1-3H3,(H,17,20)(H,18,21). The molecule has 2 N–H and O–H groups in total. The van der Waals surface area contributed by atoms with Crippen LogP contribution in [0.3, 0.4) is 0 Å². The van der Waals surface area contributed by atoms with Gasteiger partial charge in [0.1, 0.15) is 0 Å². The molecule has 0 aromatic heterocycles. The van der Waals surface area contributed by atoms with Gasteiger partial charge in [-0.3, -0.25) is 9.59 Å². The van der Waals surface area contributed by atoms with Crippen LogP contribution in [0.5, 0.6) is 0 Å². The molecule has 0 aliphatic rings. The first-order chi connectivity index (χ1) is 11.2. The van der Waals surface area contributed by atoms with E-state index in [1.807, 2.05) is 6.92 Å². The molecule has 1 rings (SSSR count). The fraction of sp³-hybridized carbons (Fsp3) is 0.500. The summed E-state index contributed by atoms with van der Waals surface area (Å²) in [6, 6.07) is 6.61. The lowest BCUT2D eigenvalue weighted by Gasteiger charge is -2.19. The molecule has 0 heterocycles. The minimum atomic E-state index is -3.43. The Bertz CT molecular complexity index is 656. The van der Waals surface area contributed by atoms with Crippen LogP contribution in [-0.4, -0.2) is 43.9 Å². The quantitative estimate of drug-likeness (QED) is 0.663. The maximum Gasteiger partial charge on any atom is 0.239 e. The zero-order valence-electron chi connectivity index (χ0n) is 14.3. The summed E-state index contributed by atoms with van der Waals surface area (Å²) in [5.41, 5.74) is 1.16. The van der Waals surface area contributed by atoms with E-state index in [4.69, 9.17) is 0 Å². The monoisotopic (exact) mass is 355 g/mol. The number of amides is 2. The molecule has 0 radical (unpaired) electrons. The average molecular weight is 355 g/mol. The fourth-order valence-electron chi connectivity index (χ4n) is 2.10. The molecule has 134 valence electrons. The summed E-state index contributed by atoms with van der Waals surface area (Å²) in [7, 11) is -3.43. The van der Waals surface area contributed by atoms with Gasteiger partial charge in [-0.05, 0) is 30.7 Å². The van der Waals surface area contributed by atoms with Crippen molar-refractivity contribution in [3.05, 3.63) is 24.3 Å². The van der Waals surface area contributed by atoms with Crippen molar-refractivity contribution in [1.29, 1.82) is 0 Å². The summed E-state index contributed by atoms with van der Waals surface area (Å²) in [6.07, 6.45) is 3.72. The van der Waals surface area contributed by atoms with E-state index in [1.165, 1.54) is 11.2 Å². The fourth-order valence-corrected chi connectivity index (χ4v) is 2.91. The molecule has 1 aromatic rings. The minimum Gasteiger partial charge on any atom is -0.326 e. The smallest absolute Gasteiger partial charge is 0.239 e. The van der Waals surface area contributed by atoms with Gasteiger partial charge in [0.15, 0.2) is 0 Å². The van der Waals surface area contributed by atoms with E-state index in [9.17, 15) is 18.0 Å². The highest BCUT2D eigenvalue weighted by Crippen LogP contribution is 2.14. The van der Waals surface area contributed by atoms with Crippen LogP contribution in [0.1, 0.15) is 33.1 Å². The molecule has 0 saturated heterocycles. The largest absolute Gasteiger partial charge is 0.326 e.